The van der Waals surface area contributed by atoms with Gasteiger partial charge in [-0.25, -0.2) is 4.98 Å². The van der Waals surface area contributed by atoms with Gasteiger partial charge in [-0.05, 0) is 18.6 Å². The summed E-state index contributed by atoms with van der Waals surface area (Å²) in [6.45, 7) is 2.66. The van der Waals surface area contributed by atoms with Gasteiger partial charge in [-0.1, -0.05) is 6.92 Å². The molecule has 2 aromatic rings. The summed E-state index contributed by atoms with van der Waals surface area (Å²) in [5.41, 5.74) is 0.639. The van der Waals surface area contributed by atoms with Gasteiger partial charge >= 0.3 is 5.69 Å². The van der Waals surface area contributed by atoms with Gasteiger partial charge in [0.15, 0.2) is 5.75 Å². The predicted octanol–water partition coefficient (Wildman–Crippen LogP) is 3.23. The van der Waals surface area contributed by atoms with E-state index < -0.39 is 4.92 Å². The number of aromatic nitrogens is 1. The Hall–Kier alpha value is -2.15. The first kappa shape index (κ1) is 14.3. The fraction of sp³-hybridized carbons (Fsp3) is 0.308. The maximum atomic E-state index is 10.9. The maximum Gasteiger partial charge on any atom is 0.312 e. The lowest BCUT2D eigenvalue weighted by atomic mass is 10.2. The molecule has 0 aliphatic heterocycles. The van der Waals surface area contributed by atoms with E-state index in [2.05, 4.69) is 17.2 Å². The van der Waals surface area contributed by atoms with Gasteiger partial charge in [0.1, 0.15) is 0 Å². The Morgan fingerprint density at radius 3 is 2.90 bits per heavy atom. The van der Waals surface area contributed by atoms with Gasteiger partial charge in [0.25, 0.3) is 0 Å². The molecular formula is C13H15N3O3S. The number of hydrogen-bond donors (Lipinski definition) is 1. The van der Waals surface area contributed by atoms with Crippen LogP contribution in [0, 0.1) is 10.1 Å². The number of benzene rings is 1. The second-order valence-electron chi connectivity index (χ2n) is 4.07. The van der Waals surface area contributed by atoms with Crippen molar-refractivity contribution < 1.29 is 9.66 Å². The van der Waals surface area contributed by atoms with E-state index in [-0.39, 0.29) is 11.4 Å². The Balaban J connectivity index is 2.09. The number of hydrogen-bond acceptors (Lipinski definition) is 6. The van der Waals surface area contributed by atoms with E-state index in [9.17, 15) is 10.1 Å². The number of nitrogens with zero attached hydrogens (tertiary/aromatic N) is 2. The number of nitro groups is 1. The average molecular weight is 293 g/mol. The van der Waals surface area contributed by atoms with Crippen LogP contribution in [-0.4, -0.2) is 17.0 Å². The molecule has 1 N–H and O–H groups in total. The second-order valence-corrected chi connectivity index (χ2v) is 5.27. The lowest BCUT2D eigenvalue weighted by Crippen LogP contribution is -1.99. The molecule has 0 saturated carbocycles. The predicted molar refractivity (Wildman–Crippen MR) is 78.5 cm³/mol. The normalized spacial score (nSPS) is 10.3. The van der Waals surface area contributed by atoms with Crippen molar-refractivity contribution in [3.8, 4) is 5.75 Å². The number of rotatable bonds is 6. The molecule has 0 radical (unpaired) electrons. The summed E-state index contributed by atoms with van der Waals surface area (Å²) in [7, 11) is 1.42. The summed E-state index contributed by atoms with van der Waals surface area (Å²) in [6.07, 6.45) is 2.74. The van der Waals surface area contributed by atoms with Crippen LogP contribution in [0.2, 0.25) is 0 Å². The molecule has 0 aliphatic rings. The lowest BCUT2D eigenvalue weighted by Gasteiger charge is -2.06. The van der Waals surface area contributed by atoms with Crippen molar-refractivity contribution in [3.05, 3.63) is 44.4 Å². The number of nitro benzene ring substituents is 1. The van der Waals surface area contributed by atoms with E-state index in [1.54, 1.807) is 23.5 Å². The topological polar surface area (TPSA) is 77.3 Å². The van der Waals surface area contributed by atoms with E-state index in [1.165, 1.54) is 13.2 Å². The van der Waals surface area contributed by atoms with Crippen LogP contribution in [0.1, 0.15) is 16.8 Å². The lowest BCUT2D eigenvalue weighted by molar-refractivity contribution is -0.385. The van der Waals surface area contributed by atoms with Crippen molar-refractivity contribution in [3.63, 3.8) is 0 Å². The third-order valence-corrected chi connectivity index (χ3v) is 3.89. The molecule has 0 amide bonds. The first-order chi connectivity index (χ1) is 9.63. The Labute approximate surface area is 120 Å². The first-order valence-electron chi connectivity index (χ1n) is 6.14. The van der Waals surface area contributed by atoms with Gasteiger partial charge < -0.3 is 10.1 Å². The van der Waals surface area contributed by atoms with Crippen molar-refractivity contribution in [1.82, 2.24) is 4.98 Å². The van der Waals surface area contributed by atoms with Crippen molar-refractivity contribution >= 4 is 22.7 Å². The molecular weight excluding hydrogens is 278 g/mol. The summed E-state index contributed by atoms with van der Waals surface area (Å²) < 4.78 is 4.96. The smallest absolute Gasteiger partial charge is 0.312 e. The first-order valence-corrected chi connectivity index (χ1v) is 6.95. The highest BCUT2D eigenvalue weighted by molar-refractivity contribution is 7.11. The fourth-order valence-electron chi connectivity index (χ4n) is 1.73. The minimum Gasteiger partial charge on any atom is -0.490 e. The van der Waals surface area contributed by atoms with Crippen molar-refractivity contribution in [2.75, 3.05) is 12.4 Å². The molecule has 20 heavy (non-hydrogen) atoms. The van der Waals surface area contributed by atoms with E-state index in [0.29, 0.717) is 12.2 Å². The molecule has 2 rings (SSSR count). The molecule has 0 spiro atoms. The van der Waals surface area contributed by atoms with Crippen molar-refractivity contribution in [2.45, 2.75) is 19.9 Å². The highest BCUT2D eigenvalue weighted by Gasteiger charge is 2.15. The number of anilines is 1. The average Bonchev–Trinajstić information content (AvgIpc) is 2.92. The standard InChI is InChI=1S/C13H15N3O3S/c1-3-13-15-8-10(20-13)7-14-9-4-5-12(19-2)11(6-9)16(17)18/h4-6,8,14H,3,7H2,1-2H3. The number of ether oxygens (including phenoxy) is 1. The molecule has 1 aromatic carbocycles. The third kappa shape index (κ3) is 3.24. The Morgan fingerprint density at radius 1 is 1.50 bits per heavy atom. The van der Waals surface area contributed by atoms with Crippen LogP contribution < -0.4 is 10.1 Å². The zero-order valence-corrected chi connectivity index (χ0v) is 12.1. The second kappa shape index (κ2) is 6.33. The summed E-state index contributed by atoms with van der Waals surface area (Å²) in [5.74, 6) is 0.256. The van der Waals surface area contributed by atoms with Crippen LogP contribution in [0.25, 0.3) is 0 Å². The molecule has 1 aromatic heterocycles. The highest BCUT2D eigenvalue weighted by Crippen LogP contribution is 2.30. The summed E-state index contributed by atoms with van der Waals surface area (Å²) in [6, 6.07) is 4.82. The van der Waals surface area contributed by atoms with Gasteiger partial charge in [0, 0.05) is 22.8 Å². The SMILES string of the molecule is CCc1ncc(CNc2ccc(OC)c([N+](=O)[O-])c2)s1. The summed E-state index contributed by atoms with van der Waals surface area (Å²) in [5, 5.41) is 15.2. The number of methoxy groups -OCH3 is 1. The number of thiazole rings is 1. The van der Waals surface area contributed by atoms with Gasteiger partial charge in [-0.15, -0.1) is 11.3 Å². The summed E-state index contributed by atoms with van der Waals surface area (Å²) >= 11 is 1.64. The van der Waals surface area contributed by atoms with Crippen molar-refractivity contribution in [1.29, 1.82) is 0 Å². The van der Waals surface area contributed by atoms with Gasteiger partial charge in [0.05, 0.1) is 23.6 Å². The van der Waals surface area contributed by atoms with E-state index in [0.717, 1.165) is 16.3 Å². The fourth-order valence-corrected chi connectivity index (χ4v) is 2.53. The minimum atomic E-state index is -0.452. The van der Waals surface area contributed by atoms with E-state index in [1.807, 2.05) is 6.20 Å². The van der Waals surface area contributed by atoms with Gasteiger partial charge in [-0.2, -0.15) is 0 Å². The zero-order chi connectivity index (χ0) is 14.5. The van der Waals surface area contributed by atoms with Crippen LogP contribution in [-0.2, 0) is 13.0 Å². The molecule has 0 aliphatic carbocycles. The molecule has 0 atom stereocenters. The monoisotopic (exact) mass is 293 g/mol. The Morgan fingerprint density at radius 2 is 2.30 bits per heavy atom. The van der Waals surface area contributed by atoms with Crippen LogP contribution >= 0.6 is 11.3 Å². The zero-order valence-electron chi connectivity index (χ0n) is 11.3. The largest absolute Gasteiger partial charge is 0.490 e. The Bertz CT molecular complexity index is 613. The van der Waals surface area contributed by atoms with Crippen molar-refractivity contribution in [2.24, 2.45) is 0 Å². The molecule has 106 valence electrons. The molecule has 0 unspecified atom stereocenters. The number of nitrogens with one attached hydrogen (secondary N) is 1. The van der Waals surface area contributed by atoms with Crippen LogP contribution in [0.5, 0.6) is 5.75 Å². The maximum absolute atomic E-state index is 10.9. The van der Waals surface area contributed by atoms with Gasteiger partial charge in [0.2, 0.25) is 0 Å². The van der Waals surface area contributed by atoms with Crippen LogP contribution in [0.4, 0.5) is 11.4 Å². The number of aryl methyl sites for hydroxylation is 1. The van der Waals surface area contributed by atoms with Crippen LogP contribution in [0.3, 0.4) is 0 Å². The molecule has 0 saturated heterocycles. The van der Waals surface area contributed by atoms with Crippen LogP contribution in [0.15, 0.2) is 24.4 Å². The molecule has 0 fully saturated rings. The molecule has 6 nitrogen and oxygen atoms in total. The quantitative estimate of drug-likeness (QED) is 0.653. The molecule has 1 heterocycles. The molecule has 7 heteroatoms. The van der Waals surface area contributed by atoms with Gasteiger partial charge in [-0.3, -0.25) is 10.1 Å². The minimum absolute atomic E-state index is 0.0453. The highest BCUT2D eigenvalue weighted by atomic mass is 32.1. The van der Waals surface area contributed by atoms with E-state index in [4.69, 9.17) is 4.74 Å². The third-order valence-electron chi connectivity index (χ3n) is 2.75. The Kier molecular flexibility index (Phi) is 4.52. The molecule has 0 bridgehead atoms. The van der Waals surface area contributed by atoms with E-state index >= 15 is 0 Å². The summed E-state index contributed by atoms with van der Waals surface area (Å²) in [4.78, 5) is 15.9.